The Kier molecular flexibility index (Phi) is 8.09. The molecule has 0 aliphatic heterocycles. The number of carboxylic acid groups (broad SMARTS) is 1. The molecule has 1 unspecified atom stereocenters. The van der Waals surface area contributed by atoms with Gasteiger partial charge in [-0.3, -0.25) is 20.2 Å². The lowest BCUT2D eigenvalue weighted by molar-refractivity contribution is -0.253. The Hall–Kier alpha value is -0.770. The molecule has 0 amide bonds. The van der Waals surface area contributed by atoms with Crippen LogP contribution in [0.3, 0.4) is 0 Å². The third-order valence-electron chi connectivity index (χ3n) is 1.84. The second kappa shape index (κ2) is 8.53. The van der Waals surface area contributed by atoms with E-state index in [1.165, 1.54) is 4.90 Å². The van der Waals surface area contributed by atoms with E-state index >= 15 is 0 Å². The van der Waals surface area contributed by atoms with Crippen molar-refractivity contribution in [1.29, 1.82) is 0 Å². The Morgan fingerprint density at radius 2 is 1.67 bits per heavy atom. The fourth-order valence-corrected chi connectivity index (χ4v) is 1.09. The average Bonchev–Trinajstić information content (AvgIpc) is 2.21. The van der Waals surface area contributed by atoms with Crippen LogP contribution in [0.25, 0.3) is 0 Å². The summed E-state index contributed by atoms with van der Waals surface area (Å²) in [6, 6.07) is -1.12. The molecule has 0 radical (unpaired) electrons. The summed E-state index contributed by atoms with van der Waals surface area (Å²) < 4.78 is 0. The molecule has 15 heavy (non-hydrogen) atoms. The van der Waals surface area contributed by atoms with Gasteiger partial charge in [-0.15, -0.1) is 0 Å². The van der Waals surface area contributed by atoms with E-state index in [0.29, 0.717) is 0 Å². The van der Waals surface area contributed by atoms with Crippen LogP contribution >= 0.6 is 0 Å². The molecule has 8 nitrogen and oxygen atoms in total. The minimum absolute atomic E-state index is 0.0946. The number of carboxylic acids is 1. The summed E-state index contributed by atoms with van der Waals surface area (Å²) in [6.07, 6.45) is 0. The van der Waals surface area contributed by atoms with Crippen molar-refractivity contribution in [3.05, 3.63) is 0 Å². The SMILES string of the molecule is O=C(O)C(CO)N(CCOO)CCOO. The van der Waals surface area contributed by atoms with Gasteiger partial charge in [-0.25, -0.2) is 9.78 Å². The molecule has 0 aromatic carbocycles. The second-order valence-corrected chi connectivity index (χ2v) is 2.74. The highest BCUT2D eigenvalue weighted by atomic mass is 17.1. The Morgan fingerprint density at radius 1 is 1.20 bits per heavy atom. The van der Waals surface area contributed by atoms with Gasteiger partial charge in [-0.05, 0) is 0 Å². The van der Waals surface area contributed by atoms with E-state index in [4.69, 9.17) is 20.7 Å². The van der Waals surface area contributed by atoms with Crippen LogP contribution in [0.2, 0.25) is 0 Å². The van der Waals surface area contributed by atoms with Gasteiger partial charge in [-0.2, -0.15) is 0 Å². The fourth-order valence-electron chi connectivity index (χ4n) is 1.09. The molecule has 8 heteroatoms. The fraction of sp³-hybridized carbons (Fsp3) is 0.857. The molecular formula is C7H15NO7. The summed E-state index contributed by atoms with van der Waals surface area (Å²) >= 11 is 0. The first-order valence-corrected chi connectivity index (χ1v) is 4.27. The van der Waals surface area contributed by atoms with Gasteiger partial charge < -0.3 is 10.2 Å². The number of hydrogen-bond donors (Lipinski definition) is 4. The van der Waals surface area contributed by atoms with E-state index in [0.717, 1.165) is 0 Å². The number of rotatable bonds is 9. The van der Waals surface area contributed by atoms with Crippen molar-refractivity contribution in [2.75, 3.05) is 32.9 Å². The van der Waals surface area contributed by atoms with Crippen molar-refractivity contribution < 1.29 is 35.3 Å². The monoisotopic (exact) mass is 225 g/mol. The molecule has 0 spiro atoms. The quantitative estimate of drug-likeness (QED) is 0.283. The summed E-state index contributed by atoms with van der Waals surface area (Å²) in [4.78, 5) is 19.6. The average molecular weight is 225 g/mol. The van der Waals surface area contributed by atoms with Crippen LogP contribution in [0, 0.1) is 0 Å². The number of carbonyl (C=O) groups is 1. The van der Waals surface area contributed by atoms with E-state index in [9.17, 15) is 4.79 Å². The van der Waals surface area contributed by atoms with Gasteiger partial charge in [-0.1, -0.05) is 0 Å². The molecule has 0 rings (SSSR count). The van der Waals surface area contributed by atoms with Gasteiger partial charge in [0.05, 0.1) is 19.8 Å². The predicted octanol–water partition coefficient (Wildman–Crippen LogP) is -1.29. The summed E-state index contributed by atoms with van der Waals surface area (Å²) in [5, 5.41) is 33.8. The van der Waals surface area contributed by atoms with E-state index in [1.807, 2.05) is 0 Å². The number of hydrogen-bond acceptors (Lipinski definition) is 7. The minimum Gasteiger partial charge on any atom is -0.480 e. The van der Waals surface area contributed by atoms with Gasteiger partial charge in [0.1, 0.15) is 6.04 Å². The molecule has 0 aliphatic carbocycles. The summed E-state index contributed by atoms with van der Waals surface area (Å²) in [5.41, 5.74) is 0. The highest BCUT2D eigenvalue weighted by molar-refractivity contribution is 5.73. The largest absolute Gasteiger partial charge is 0.480 e. The van der Waals surface area contributed by atoms with E-state index in [1.54, 1.807) is 0 Å². The van der Waals surface area contributed by atoms with Gasteiger partial charge in [0.2, 0.25) is 0 Å². The van der Waals surface area contributed by atoms with Crippen molar-refractivity contribution in [3.8, 4) is 0 Å². The highest BCUT2D eigenvalue weighted by Crippen LogP contribution is 1.99. The number of aliphatic hydroxyl groups is 1. The van der Waals surface area contributed by atoms with Crippen LogP contribution in [0.15, 0.2) is 0 Å². The van der Waals surface area contributed by atoms with Crippen molar-refractivity contribution >= 4 is 5.97 Å². The molecule has 0 bridgehead atoms. The molecule has 0 aliphatic rings. The Bertz CT molecular complexity index is 169. The zero-order valence-electron chi connectivity index (χ0n) is 8.07. The molecule has 1 atom stereocenters. The van der Waals surface area contributed by atoms with Crippen molar-refractivity contribution in [2.24, 2.45) is 0 Å². The smallest absolute Gasteiger partial charge is 0.323 e. The van der Waals surface area contributed by atoms with Crippen LogP contribution in [-0.2, 0) is 14.6 Å². The lowest BCUT2D eigenvalue weighted by Gasteiger charge is -2.26. The molecule has 0 heterocycles. The van der Waals surface area contributed by atoms with Crippen molar-refractivity contribution in [1.82, 2.24) is 4.90 Å². The number of aliphatic hydroxyl groups excluding tert-OH is 1. The summed E-state index contributed by atoms with van der Waals surface area (Å²) in [7, 11) is 0. The third kappa shape index (κ3) is 5.62. The van der Waals surface area contributed by atoms with Crippen LogP contribution in [0.5, 0.6) is 0 Å². The maximum absolute atomic E-state index is 10.7. The highest BCUT2D eigenvalue weighted by Gasteiger charge is 2.24. The minimum atomic E-state index is -1.20. The zero-order valence-corrected chi connectivity index (χ0v) is 8.07. The first-order valence-electron chi connectivity index (χ1n) is 4.27. The molecule has 0 aromatic heterocycles. The molecule has 0 saturated carbocycles. The Morgan fingerprint density at radius 3 is 1.93 bits per heavy atom. The molecular weight excluding hydrogens is 210 g/mol. The standard InChI is InChI=1S/C7H15NO7/c9-5-6(7(10)11)8(1-3-14-12)2-4-15-13/h6,9,12-13H,1-5H2,(H,10,11). The maximum atomic E-state index is 10.7. The topological polar surface area (TPSA) is 120 Å². The molecule has 0 fully saturated rings. The zero-order chi connectivity index (χ0) is 11.7. The van der Waals surface area contributed by atoms with Crippen LogP contribution < -0.4 is 0 Å². The molecule has 0 saturated heterocycles. The van der Waals surface area contributed by atoms with E-state index in [2.05, 4.69) is 9.78 Å². The number of nitrogens with zero attached hydrogens (tertiary/aromatic N) is 1. The molecule has 4 N–H and O–H groups in total. The Balaban J connectivity index is 4.22. The van der Waals surface area contributed by atoms with Crippen LogP contribution in [0.4, 0.5) is 0 Å². The third-order valence-corrected chi connectivity index (χ3v) is 1.84. The van der Waals surface area contributed by atoms with Gasteiger partial charge in [0, 0.05) is 13.1 Å². The van der Waals surface area contributed by atoms with E-state index in [-0.39, 0.29) is 26.3 Å². The van der Waals surface area contributed by atoms with Crippen molar-refractivity contribution in [3.63, 3.8) is 0 Å². The van der Waals surface area contributed by atoms with Gasteiger partial charge in [0.25, 0.3) is 0 Å². The normalized spacial score (nSPS) is 13.1. The van der Waals surface area contributed by atoms with Crippen molar-refractivity contribution in [2.45, 2.75) is 6.04 Å². The summed E-state index contributed by atoms with van der Waals surface area (Å²) in [6.45, 7) is -0.592. The number of aliphatic carboxylic acids is 1. The van der Waals surface area contributed by atoms with E-state index < -0.39 is 18.6 Å². The van der Waals surface area contributed by atoms with Gasteiger partial charge >= 0.3 is 5.97 Å². The van der Waals surface area contributed by atoms with Gasteiger partial charge in [0.15, 0.2) is 0 Å². The summed E-state index contributed by atoms with van der Waals surface area (Å²) in [5.74, 6) is -1.20. The van der Waals surface area contributed by atoms with Crippen LogP contribution in [-0.4, -0.2) is 70.5 Å². The lowest BCUT2D eigenvalue weighted by Crippen LogP contribution is -2.46. The Labute approximate surface area is 86.1 Å². The first kappa shape index (κ1) is 14.2. The molecule has 90 valence electrons. The lowest BCUT2D eigenvalue weighted by atomic mass is 10.2. The first-order chi connectivity index (χ1) is 7.17. The second-order valence-electron chi connectivity index (χ2n) is 2.74. The maximum Gasteiger partial charge on any atom is 0.323 e. The molecule has 0 aromatic rings. The predicted molar refractivity (Wildman–Crippen MR) is 47.2 cm³/mol. The van der Waals surface area contributed by atoms with Crippen LogP contribution in [0.1, 0.15) is 0 Å².